The van der Waals surface area contributed by atoms with E-state index in [0.717, 1.165) is 24.0 Å². The molecule has 0 aliphatic rings. The summed E-state index contributed by atoms with van der Waals surface area (Å²) in [7, 11) is 3.34. The Balaban J connectivity index is 1.89. The van der Waals surface area contributed by atoms with E-state index in [9.17, 15) is 4.79 Å². The van der Waals surface area contributed by atoms with Crippen LogP contribution in [-0.4, -0.2) is 31.7 Å². The molecule has 2 rings (SSSR count). The molecule has 148 valence electrons. The lowest BCUT2D eigenvalue weighted by Crippen LogP contribution is -2.36. The lowest BCUT2D eigenvalue weighted by Gasteiger charge is -2.18. The molecule has 28 heavy (non-hydrogen) atoms. The number of unbranched alkanes of at least 4 members (excludes halogenated alkanes) is 1. The Kier molecular flexibility index (Phi) is 8.16. The van der Waals surface area contributed by atoms with Gasteiger partial charge >= 0.3 is 6.03 Å². The third kappa shape index (κ3) is 6.20. The molecule has 0 saturated heterocycles. The van der Waals surface area contributed by atoms with Crippen LogP contribution in [0, 0.1) is 11.3 Å². The van der Waals surface area contributed by atoms with Crippen LogP contribution < -0.4 is 14.8 Å². The van der Waals surface area contributed by atoms with Gasteiger partial charge in [0, 0.05) is 20.1 Å². The van der Waals surface area contributed by atoms with E-state index in [1.807, 2.05) is 30.3 Å². The van der Waals surface area contributed by atoms with Crippen molar-refractivity contribution in [3.63, 3.8) is 0 Å². The minimum Gasteiger partial charge on any atom is -0.493 e. The number of nitrogens with one attached hydrogen (secondary N) is 1. The zero-order valence-electron chi connectivity index (χ0n) is 16.7. The van der Waals surface area contributed by atoms with E-state index < -0.39 is 0 Å². The summed E-state index contributed by atoms with van der Waals surface area (Å²) in [5.41, 5.74) is 2.50. The summed E-state index contributed by atoms with van der Waals surface area (Å²) in [6.45, 7) is 3.63. The first-order valence-corrected chi connectivity index (χ1v) is 9.35. The molecule has 1 N–H and O–H groups in total. The van der Waals surface area contributed by atoms with Crippen molar-refractivity contribution in [2.75, 3.05) is 20.8 Å². The zero-order chi connectivity index (χ0) is 20.4. The van der Waals surface area contributed by atoms with Gasteiger partial charge in [-0.05, 0) is 41.8 Å². The second-order valence-electron chi connectivity index (χ2n) is 6.51. The summed E-state index contributed by atoms with van der Waals surface area (Å²) >= 11 is 0. The largest absolute Gasteiger partial charge is 0.493 e. The molecule has 0 spiro atoms. The summed E-state index contributed by atoms with van der Waals surface area (Å²) in [5, 5.41) is 11.7. The number of urea groups is 1. The number of carbonyl (C=O) groups is 1. The first kappa shape index (κ1) is 21.1. The molecule has 0 aliphatic carbocycles. The molecular formula is C22H27N3O3. The van der Waals surface area contributed by atoms with Crippen molar-refractivity contribution in [2.24, 2.45) is 0 Å². The van der Waals surface area contributed by atoms with Gasteiger partial charge in [-0.3, -0.25) is 0 Å². The first-order chi connectivity index (χ1) is 13.6. The second kappa shape index (κ2) is 10.8. The lowest BCUT2D eigenvalue weighted by atomic mass is 10.1. The molecule has 0 atom stereocenters. The number of nitrogens with zero attached hydrogens (tertiary/aromatic N) is 2. The summed E-state index contributed by atoms with van der Waals surface area (Å²) in [6.07, 6.45) is 2.06. The smallest absolute Gasteiger partial charge is 0.317 e. The van der Waals surface area contributed by atoms with Crippen molar-refractivity contribution in [2.45, 2.75) is 32.9 Å². The number of rotatable bonds is 9. The van der Waals surface area contributed by atoms with Gasteiger partial charge in [0.1, 0.15) is 0 Å². The maximum Gasteiger partial charge on any atom is 0.317 e. The van der Waals surface area contributed by atoms with Crippen LogP contribution in [0.15, 0.2) is 42.5 Å². The maximum atomic E-state index is 12.3. The van der Waals surface area contributed by atoms with E-state index in [1.165, 1.54) is 0 Å². The average molecular weight is 381 g/mol. The first-order valence-electron chi connectivity index (χ1n) is 9.35. The van der Waals surface area contributed by atoms with Crippen LogP contribution in [0.4, 0.5) is 4.79 Å². The van der Waals surface area contributed by atoms with Crippen LogP contribution in [0.1, 0.15) is 36.5 Å². The lowest BCUT2D eigenvalue weighted by molar-refractivity contribution is 0.206. The number of carbonyl (C=O) groups excluding carboxylic acids is 1. The SMILES string of the molecule is CCCCOc1ccc(CNC(=O)N(C)Cc2ccc(C#N)cc2)cc1OC. The van der Waals surface area contributed by atoms with Gasteiger partial charge in [0.15, 0.2) is 11.5 Å². The van der Waals surface area contributed by atoms with E-state index in [4.69, 9.17) is 14.7 Å². The summed E-state index contributed by atoms with van der Waals surface area (Å²) in [6, 6.07) is 14.8. The zero-order valence-corrected chi connectivity index (χ0v) is 16.7. The van der Waals surface area contributed by atoms with E-state index in [-0.39, 0.29) is 6.03 Å². The summed E-state index contributed by atoms with van der Waals surface area (Å²) in [5.74, 6) is 1.37. The van der Waals surface area contributed by atoms with Gasteiger partial charge in [-0.15, -0.1) is 0 Å². The normalized spacial score (nSPS) is 10.1. The summed E-state index contributed by atoms with van der Waals surface area (Å²) < 4.78 is 11.1. The molecule has 6 heteroatoms. The van der Waals surface area contributed by atoms with Gasteiger partial charge < -0.3 is 19.7 Å². The number of hydrogen-bond acceptors (Lipinski definition) is 4. The van der Waals surface area contributed by atoms with E-state index in [1.54, 1.807) is 31.2 Å². The predicted molar refractivity (Wildman–Crippen MR) is 108 cm³/mol. The Labute approximate surface area is 166 Å². The van der Waals surface area contributed by atoms with Crippen molar-refractivity contribution >= 4 is 6.03 Å². The molecule has 2 aromatic carbocycles. The minimum absolute atomic E-state index is 0.174. The fourth-order valence-electron chi connectivity index (χ4n) is 2.61. The minimum atomic E-state index is -0.174. The molecule has 2 aromatic rings. The fourth-order valence-corrected chi connectivity index (χ4v) is 2.61. The van der Waals surface area contributed by atoms with Crippen LogP contribution in [-0.2, 0) is 13.1 Å². The molecule has 0 bridgehead atoms. The molecule has 0 fully saturated rings. The molecule has 0 unspecified atom stereocenters. The van der Waals surface area contributed by atoms with Crippen molar-refractivity contribution < 1.29 is 14.3 Å². The highest BCUT2D eigenvalue weighted by atomic mass is 16.5. The van der Waals surface area contributed by atoms with Gasteiger partial charge in [0.2, 0.25) is 0 Å². The van der Waals surface area contributed by atoms with Gasteiger partial charge in [0.05, 0.1) is 25.3 Å². The Morgan fingerprint density at radius 2 is 1.86 bits per heavy atom. The van der Waals surface area contributed by atoms with Crippen molar-refractivity contribution in [3.8, 4) is 17.6 Å². The number of benzene rings is 2. The average Bonchev–Trinajstić information content (AvgIpc) is 2.73. The number of amides is 2. The van der Waals surface area contributed by atoms with E-state index in [0.29, 0.717) is 36.8 Å². The Morgan fingerprint density at radius 3 is 2.50 bits per heavy atom. The predicted octanol–water partition coefficient (Wildman–Crippen LogP) is 4.09. The van der Waals surface area contributed by atoms with Crippen LogP contribution >= 0.6 is 0 Å². The highest BCUT2D eigenvalue weighted by Crippen LogP contribution is 2.28. The van der Waals surface area contributed by atoms with Crippen LogP contribution in [0.3, 0.4) is 0 Å². The Bertz CT molecular complexity index is 813. The molecular weight excluding hydrogens is 354 g/mol. The summed E-state index contributed by atoms with van der Waals surface area (Å²) in [4.78, 5) is 13.9. The highest BCUT2D eigenvalue weighted by Gasteiger charge is 2.10. The maximum absolute atomic E-state index is 12.3. The van der Waals surface area contributed by atoms with Gasteiger partial charge in [-0.2, -0.15) is 5.26 Å². The van der Waals surface area contributed by atoms with Crippen LogP contribution in [0.25, 0.3) is 0 Å². The Morgan fingerprint density at radius 1 is 1.14 bits per heavy atom. The van der Waals surface area contributed by atoms with Crippen molar-refractivity contribution in [1.29, 1.82) is 5.26 Å². The number of hydrogen-bond donors (Lipinski definition) is 1. The third-order valence-corrected chi connectivity index (χ3v) is 4.28. The van der Waals surface area contributed by atoms with Crippen molar-refractivity contribution in [3.05, 3.63) is 59.2 Å². The van der Waals surface area contributed by atoms with Crippen LogP contribution in [0.5, 0.6) is 11.5 Å². The van der Waals surface area contributed by atoms with Gasteiger partial charge in [-0.1, -0.05) is 31.5 Å². The van der Waals surface area contributed by atoms with Crippen molar-refractivity contribution in [1.82, 2.24) is 10.2 Å². The topological polar surface area (TPSA) is 74.6 Å². The molecule has 0 aromatic heterocycles. The molecule has 6 nitrogen and oxygen atoms in total. The molecule has 0 saturated carbocycles. The monoisotopic (exact) mass is 381 g/mol. The molecule has 0 heterocycles. The van der Waals surface area contributed by atoms with E-state index >= 15 is 0 Å². The molecule has 0 aliphatic heterocycles. The van der Waals surface area contributed by atoms with Crippen LogP contribution in [0.2, 0.25) is 0 Å². The van der Waals surface area contributed by atoms with Gasteiger partial charge in [-0.25, -0.2) is 4.79 Å². The Hall–Kier alpha value is -3.20. The fraction of sp³-hybridized carbons (Fsp3) is 0.364. The van der Waals surface area contributed by atoms with Gasteiger partial charge in [0.25, 0.3) is 0 Å². The molecule has 2 amide bonds. The highest BCUT2D eigenvalue weighted by molar-refractivity contribution is 5.73. The third-order valence-electron chi connectivity index (χ3n) is 4.28. The second-order valence-corrected chi connectivity index (χ2v) is 6.51. The number of methoxy groups -OCH3 is 1. The standard InChI is InChI=1S/C22H27N3O3/c1-4-5-12-28-20-11-10-19(13-21(20)27-3)15-24-22(26)25(2)16-18-8-6-17(14-23)7-9-18/h6-11,13H,4-5,12,15-16H2,1-3H3,(H,24,26). The van der Waals surface area contributed by atoms with E-state index in [2.05, 4.69) is 18.3 Å². The molecule has 0 radical (unpaired) electrons. The quantitative estimate of drug-likeness (QED) is 0.664. The number of nitriles is 1. The number of ether oxygens (including phenoxy) is 2.